The van der Waals surface area contributed by atoms with Crippen molar-refractivity contribution in [2.75, 3.05) is 6.61 Å². The Kier molecular flexibility index (Phi) is 8.09. The molecule has 0 heterocycles. The quantitative estimate of drug-likeness (QED) is 0.361. The summed E-state index contributed by atoms with van der Waals surface area (Å²) in [5.74, 6) is -2.68. The monoisotopic (exact) mass is 346 g/mol. The van der Waals surface area contributed by atoms with Crippen LogP contribution in [0.15, 0.2) is 12.7 Å². The van der Waals surface area contributed by atoms with Gasteiger partial charge in [0.1, 0.15) is 6.61 Å². The number of ether oxygens (including phenoxy) is 1. The van der Waals surface area contributed by atoms with Gasteiger partial charge >= 0.3 is 0 Å². The molecule has 0 spiro atoms. The third-order valence-corrected chi connectivity index (χ3v) is 2.34. The van der Waals surface area contributed by atoms with Gasteiger partial charge in [0.2, 0.25) is 9.71 Å². The van der Waals surface area contributed by atoms with Crippen molar-refractivity contribution < 1.29 is 18.3 Å². The highest BCUT2D eigenvalue weighted by atomic mass is 127. The average molecular weight is 346 g/mol. The minimum absolute atomic E-state index is 0.0162. The first kappa shape index (κ1) is 16.0. The van der Waals surface area contributed by atoms with Crippen LogP contribution in [-0.2, 0) is 9.53 Å². The molecule has 5 heteroatoms. The number of allylic oxidation sites excluding steroid dienone is 1. The van der Waals surface area contributed by atoms with Crippen molar-refractivity contribution in [1.29, 1.82) is 0 Å². The summed E-state index contributed by atoms with van der Waals surface area (Å²) in [5, 5.41) is 0. The van der Waals surface area contributed by atoms with Crippen LogP contribution in [0.4, 0.5) is 8.78 Å². The molecule has 0 aliphatic rings. The molecule has 0 saturated heterocycles. The Morgan fingerprint density at radius 3 is 2.62 bits per heavy atom. The average Bonchev–Trinajstić information content (AvgIpc) is 2.15. The molecular formula is C11H17F2IO2. The summed E-state index contributed by atoms with van der Waals surface area (Å²) in [4.78, 5) is 10.7. The summed E-state index contributed by atoms with van der Waals surface area (Å²) in [6.07, 6.45) is 2.80. The number of rotatable bonds is 9. The molecule has 0 aromatic carbocycles. The number of halogens is 3. The summed E-state index contributed by atoms with van der Waals surface area (Å²) in [5.41, 5.74) is 0. The van der Waals surface area contributed by atoms with Gasteiger partial charge in [0.25, 0.3) is 0 Å². The Balaban J connectivity index is 3.98. The van der Waals surface area contributed by atoms with Gasteiger partial charge in [0.05, 0.1) is 6.10 Å². The number of hydrogen-bond donors (Lipinski definition) is 0. The van der Waals surface area contributed by atoms with Crippen LogP contribution < -0.4 is 0 Å². The first-order valence-corrected chi connectivity index (χ1v) is 6.21. The van der Waals surface area contributed by atoms with Gasteiger partial charge in [-0.15, -0.1) is 6.58 Å². The van der Waals surface area contributed by atoms with Crippen LogP contribution in [0.5, 0.6) is 0 Å². The number of carbonyl (C=O) groups is 1. The number of carbonyl (C=O) groups excluding carboxylic acids is 1. The molecule has 0 bridgehead atoms. The van der Waals surface area contributed by atoms with Crippen LogP contribution >= 0.6 is 22.6 Å². The minimum atomic E-state index is -2.68. The molecule has 0 aromatic heterocycles. The van der Waals surface area contributed by atoms with E-state index in [0.717, 1.165) is 6.92 Å². The standard InChI is InChI=1S/C11H17F2IO2/c1-3-4-5-9(16-8-10(14)15)6-7-11(2,12)13/h3,9H,1,4-8H2,2H3. The second-order valence-electron chi connectivity index (χ2n) is 3.76. The predicted molar refractivity (Wildman–Crippen MR) is 68.1 cm³/mol. The zero-order chi connectivity index (χ0) is 12.6. The lowest BCUT2D eigenvalue weighted by Gasteiger charge is -2.18. The summed E-state index contributed by atoms with van der Waals surface area (Å²) in [6.45, 7) is 4.44. The molecule has 0 fully saturated rings. The molecule has 0 aromatic rings. The molecule has 16 heavy (non-hydrogen) atoms. The van der Waals surface area contributed by atoms with E-state index in [4.69, 9.17) is 4.74 Å². The molecule has 0 aliphatic heterocycles. The normalized spacial score (nSPS) is 13.5. The van der Waals surface area contributed by atoms with Gasteiger partial charge in [-0.25, -0.2) is 8.78 Å². The fraction of sp³-hybridized carbons (Fsp3) is 0.727. The molecule has 0 aliphatic carbocycles. The fourth-order valence-electron chi connectivity index (χ4n) is 1.21. The van der Waals surface area contributed by atoms with Gasteiger partial charge in [-0.05, 0) is 26.2 Å². The van der Waals surface area contributed by atoms with Gasteiger partial charge in [0.15, 0.2) is 0 Å². The van der Waals surface area contributed by atoms with Gasteiger partial charge in [-0.1, -0.05) is 6.08 Å². The van der Waals surface area contributed by atoms with Crippen LogP contribution in [0.25, 0.3) is 0 Å². The van der Waals surface area contributed by atoms with Crippen molar-refractivity contribution in [3.8, 4) is 0 Å². The lowest BCUT2D eigenvalue weighted by atomic mass is 10.1. The highest BCUT2D eigenvalue weighted by Crippen LogP contribution is 2.22. The van der Waals surface area contributed by atoms with Crippen LogP contribution in [-0.4, -0.2) is 22.4 Å². The highest BCUT2D eigenvalue weighted by Gasteiger charge is 2.23. The molecule has 0 radical (unpaired) electrons. The number of alkyl halides is 2. The van der Waals surface area contributed by atoms with Crippen molar-refractivity contribution in [2.45, 2.75) is 44.6 Å². The van der Waals surface area contributed by atoms with Gasteiger partial charge in [-0.3, -0.25) is 4.79 Å². The Morgan fingerprint density at radius 1 is 1.56 bits per heavy atom. The maximum absolute atomic E-state index is 12.7. The van der Waals surface area contributed by atoms with Gasteiger partial charge in [-0.2, -0.15) is 0 Å². The maximum atomic E-state index is 12.7. The maximum Gasteiger partial charge on any atom is 0.245 e. The minimum Gasteiger partial charge on any atom is -0.370 e. The topological polar surface area (TPSA) is 26.3 Å². The molecule has 2 nitrogen and oxygen atoms in total. The molecule has 0 rings (SSSR count). The van der Waals surface area contributed by atoms with E-state index in [1.165, 1.54) is 0 Å². The highest BCUT2D eigenvalue weighted by molar-refractivity contribution is 14.1. The summed E-state index contributed by atoms with van der Waals surface area (Å²) >= 11 is 1.63. The Morgan fingerprint density at radius 2 is 2.19 bits per heavy atom. The predicted octanol–water partition coefficient (Wildman–Crippen LogP) is 3.73. The molecule has 0 N–H and O–H groups in total. The first-order valence-electron chi connectivity index (χ1n) is 5.14. The summed E-state index contributed by atoms with van der Waals surface area (Å²) in [7, 11) is 0. The van der Waals surface area contributed by atoms with E-state index in [-0.39, 0.29) is 29.3 Å². The van der Waals surface area contributed by atoms with Crippen molar-refractivity contribution in [1.82, 2.24) is 0 Å². The van der Waals surface area contributed by atoms with Crippen LogP contribution in [0.2, 0.25) is 0 Å². The Bertz CT molecular complexity index is 227. The smallest absolute Gasteiger partial charge is 0.245 e. The molecule has 1 atom stereocenters. The summed E-state index contributed by atoms with van der Waals surface area (Å²) in [6, 6.07) is 0. The van der Waals surface area contributed by atoms with Gasteiger partial charge in [0, 0.05) is 29.0 Å². The van der Waals surface area contributed by atoms with E-state index < -0.39 is 5.92 Å². The molecule has 1 unspecified atom stereocenters. The van der Waals surface area contributed by atoms with Crippen molar-refractivity contribution in [2.24, 2.45) is 0 Å². The second-order valence-corrected chi connectivity index (χ2v) is 4.97. The van der Waals surface area contributed by atoms with Crippen LogP contribution in [0.3, 0.4) is 0 Å². The Hall–Kier alpha value is -0.0400. The molecule has 0 amide bonds. The van der Waals surface area contributed by atoms with E-state index in [1.54, 1.807) is 28.7 Å². The van der Waals surface area contributed by atoms with E-state index >= 15 is 0 Å². The zero-order valence-corrected chi connectivity index (χ0v) is 11.5. The SMILES string of the molecule is C=CCCC(CCC(C)(F)F)OCC(=O)I. The Labute approximate surface area is 109 Å². The second kappa shape index (κ2) is 8.11. The fourth-order valence-corrected chi connectivity index (χ4v) is 1.39. The first-order chi connectivity index (χ1) is 7.35. The van der Waals surface area contributed by atoms with E-state index in [1.807, 2.05) is 0 Å². The lowest BCUT2D eigenvalue weighted by molar-refractivity contribution is -0.116. The summed E-state index contributed by atoms with van der Waals surface area (Å²) < 4.78 is 30.5. The third-order valence-electron chi connectivity index (χ3n) is 2.03. The van der Waals surface area contributed by atoms with E-state index in [0.29, 0.717) is 12.8 Å². The largest absolute Gasteiger partial charge is 0.370 e. The zero-order valence-electron chi connectivity index (χ0n) is 9.35. The van der Waals surface area contributed by atoms with Crippen molar-refractivity contribution >= 4 is 26.4 Å². The molecule has 0 saturated carbocycles. The van der Waals surface area contributed by atoms with Crippen molar-refractivity contribution in [3.63, 3.8) is 0 Å². The van der Waals surface area contributed by atoms with Crippen LogP contribution in [0, 0.1) is 0 Å². The third kappa shape index (κ3) is 10.5. The van der Waals surface area contributed by atoms with Crippen molar-refractivity contribution in [3.05, 3.63) is 12.7 Å². The molecular weight excluding hydrogens is 329 g/mol. The van der Waals surface area contributed by atoms with Gasteiger partial charge < -0.3 is 4.74 Å². The number of hydrogen-bond acceptors (Lipinski definition) is 2. The van der Waals surface area contributed by atoms with E-state index in [2.05, 4.69) is 6.58 Å². The molecule has 94 valence electrons. The van der Waals surface area contributed by atoms with E-state index in [9.17, 15) is 13.6 Å². The lowest BCUT2D eigenvalue weighted by Crippen LogP contribution is -2.20. The van der Waals surface area contributed by atoms with Crippen LogP contribution in [0.1, 0.15) is 32.6 Å².